The summed E-state index contributed by atoms with van der Waals surface area (Å²) in [5, 5.41) is 3.68. The zero-order chi connectivity index (χ0) is 15.1. The van der Waals surface area contributed by atoms with E-state index in [1.54, 1.807) is 36.4 Å². The van der Waals surface area contributed by atoms with E-state index in [2.05, 4.69) is 10.5 Å². The van der Waals surface area contributed by atoms with E-state index in [0.29, 0.717) is 11.3 Å². The predicted octanol–water partition coefficient (Wildman–Crippen LogP) is 2.41. The highest BCUT2D eigenvalue weighted by atomic mass is 19.1. The number of carbonyl (C=O) groups excluding carboxylic acids is 1. The minimum Gasteiger partial charge on any atom is -0.488 e. The number of para-hydroxylation sites is 1. The second-order valence-corrected chi connectivity index (χ2v) is 4.19. The number of nitrogens with two attached hydrogens (primary N) is 1. The fraction of sp³-hybridized carbons (Fsp3) is 0.0667. The summed E-state index contributed by atoms with van der Waals surface area (Å²) in [4.78, 5) is 10.5. The maximum atomic E-state index is 13.1. The lowest BCUT2D eigenvalue weighted by molar-refractivity contribution is 0.249. The third kappa shape index (κ3) is 4.61. The third-order valence-corrected chi connectivity index (χ3v) is 2.58. The highest BCUT2D eigenvalue weighted by molar-refractivity contribution is 5.84. The quantitative estimate of drug-likeness (QED) is 0.654. The van der Waals surface area contributed by atoms with Crippen LogP contribution in [-0.4, -0.2) is 12.2 Å². The summed E-state index contributed by atoms with van der Waals surface area (Å²) >= 11 is 0. The van der Waals surface area contributed by atoms with Crippen LogP contribution in [0.4, 0.5) is 9.18 Å². The number of amides is 2. The molecule has 2 aromatic carbocycles. The number of rotatable bonds is 5. The van der Waals surface area contributed by atoms with Gasteiger partial charge in [-0.15, -0.1) is 0 Å². The molecule has 0 spiro atoms. The van der Waals surface area contributed by atoms with E-state index in [0.717, 1.165) is 5.56 Å². The molecule has 0 bridgehead atoms. The van der Waals surface area contributed by atoms with Crippen LogP contribution in [0.1, 0.15) is 11.1 Å². The third-order valence-electron chi connectivity index (χ3n) is 2.58. The number of primary amides is 1. The molecule has 2 aromatic rings. The number of hydrogen-bond donors (Lipinski definition) is 2. The van der Waals surface area contributed by atoms with Gasteiger partial charge in [0.2, 0.25) is 0 Å². The van der Waals surface area contributed by atoms with E-state index in [-0.39, 0.29) is 12.4 Å². The van der Waals surface area contributed by atoms with Gasteiger partial charge in [-0.3, -0.25) is 0 Å². The van der Waals surface area contributed by atoms with Gasteiger partial charge < -0.3 is 10.5 Å². The number of hydrazone groups is 1. The first kappa shape index (κ1) is 14.5. The fourth-order valence-corrected chi connectivity index (χ4v) is 1.67. The van der Waals surface area contributed by atoms with Gasteiger partial charge in [-0.1, -0.05) is 24.3 Å². The summed E-state index contributed by atoms with van der Waals surface area (Å²) < 4.78 is 18.7. The van der Waals surface area contributed by atoms with Crippen LogP contribution in [0.5, 0.6) is 5.75 Å². The highest BCUT2D eigenvalue weighted by Gasteiger charge is 2.02. The Morgan fingerprint density at radius 1 is 1.29 bits per heavy atom. The van der Waals surface area contributed by atoms with Crippen LogP contribution in [0.2, 0.25) is 0 Å². The van der Waals surface area contributed by atoms with Gasteiger partial charge in [-0.2, -0.15) is 5.10 Å². The number of urea groups is 1. The molecule has 0 saturated carbocycles. The molecule has 21 heavy (non-hydrogen) atoms. The summed E-state index contributed by atoms with van der Waals surface area (Å²) in [5.74, 6) is 0.258. The number of carbonyl (C=O) groups is 1. The highest BCUT2D eigenvalue weighted by Crippen LogP contribution is 2.17. The Hall–Kier alpha value is -2.89. The van der Waals surface area contributed by atoms with Crippen LogP contribution in [0.25, 0.3) is 0 Å². The van der Waals surface area contributed by atoms with Gasteiger partial charge in [0.1, 0.15) is 18.2 Å². The normalized spacial score (nSPS) is 10.5. The van der Waals surface area contributed by atoms with E-state index in [9.17, 15) is 9.18 Å². The van der Waals surface area contributed by atoms with Crippen LogP contribution in [0.15, 0.2) is 53.6 Å². The topological polar surface area (TPSA) is 76.7 Å². The summed E-state index contributed by atoms with van der Waals surface area (Å²) in [6, 6.07) is 12.6. The van der Waals surface area contributed by atoms with E-state index >= 15 is 0 Å². The molecule has 0 atom stereocenters. The number of nitrogens with zero attached hydrogens (tertiary/aromatic N) is 1. The van der Waals surface area contributed by atoms with Gasteiger partial charge in [0.15, 0.2) is 0 Å². The van der Waals surface area contributed by atoms with Crippen molar-refractivity contribution in [2.75, 3.05) is 0 Å². The molecule has 0 fully saturated rings. The Balaban J connectivity index is 2.06. The molecule has 0 aliphatic rings. The van der Waals surface area contributed by atoms with Crippen molar-refractivity contribution in [2.24, 2.45) is 10.8 Å². The summed E-state index contributed by atoms with van der Waals surface area (Å²) in [5.41, 5.74) is 8.41. The standard InChI is InChI=1S/C15H14FN3O2/c16-13-6-3-4-11(8-13)10-21-14-7-2-1-5-12(14)9-18-19-15(17)20/h1-9H,10H2,(H3,17,19,20). The van der Waals surface area contributed by atoms with Crippen LogP contribution >= 0.6 is 0 Å². The maximum absolute atomic E-state index is 13.1. The lowest BCUT2D eigenvalue weighted by Crippen LogP contribution is -2.24. The summed E-state index contributed by atoms with van der Waals surface area (Å²) in [7, 11) is 0. The van der Waals surface area contributed by atoms with Crippen molar-refractivity contribution in [1.82, 2.24) is 5.43 Å². The zero-order valence-corrected chi connectivity index (χ0v) is 11.1. The molecule has 0 heterocycles. The molecule has 6 heteroatoms. The molecule has 0 saturated heterocycles. The molecule has 0 radical (unpaired) electrons. The van der Waals surface area contributed by atoms with E-state index < -0.39 is 6.03 Å². The Bertz CT molecular complexity index is 659. The van der Waals surface area contributed by atoms with Crippen LogP contribution in [0, 0.1) is 5.82 Å². The van der Waals surface area contributed by atoms with Crippen molar-refractivity contribution in [3.63, 3.8) is 0 Å². The fourth-order valence-electron chi connectivity index (χ4n) is 1.67. The minimum absolute atomic E-state index is 0.228. The first-order chi connectivity index (χ1) is 10.1. The Labute approximate surface area is 121 Å². The van der Waals surface area contributed by atoms with Gasteiger partial charge in [-0.05, 0) is 29.8 Å². The minimum atomic E-state index is -0.746. The SMILES string of the molecule is NC(=O)NN=Cc1ccccc1OCc1cccc(F)c1. The van der Waals surface area contributed by atoms with Crippen molar-refractivity contribution in [2.45, 2.75) is 6.61 Å². The van der Waals surface area contributed by atoms with Crippen molar-refractivity contribution < 1.29 is 13.9 Å². The molecule has 2 amide bonds. The van der Waals surface area contributed by atoms with E-state index in [1.165, 1.54) is 18.3 Å². The molecule has 0 aliphatic heterocycles. The van der Waals surface area contributed by atoms with Crippen molar-refractivity contribution in [3.8, 4) is 5.75 Å². The van der Waals surface area contributed by atoms with E-state index in [4.69, 9.17) is 10.5 Å². The van der Waals surface area contributed by atoms with Crippen molar-refractivity contribution in [3.05, 3.63) is 65.5 Å². The van der Waals surface area contributed by atoms with Crippen LogP contribution in [-0.2, 0) is 6.61 Å². The lowest BCUT2D eigenvalue weighted by Gasteiger charge is -2.09. The molecule has 0 aromatic heterocycles. The zero-order valence-electron chi connectivity index (χ0n) is 11.1. The average molecular weight is 287 g/mol. The maximum Gasteiger partial charge on any atom is 0.332 e. The summed E-state index contributed by atoms with van der Waals surface area (Å²) in [6.07, 6.45) is 1.42. The van der Waals surface area contributed by atoms with Gasteiger partial charge in [-0.25, -0.2) is 14.6 Å². The number of ether oxygens (including phenoxy) is 1. The van der Waals surface area contributed by atoms with Crippen LogP contribution < -0.4 is 15.9 Å². The predicted molar refractivity (Wildman–Crippen MR) is 77.5 cm³/mol. The second kappa shape index (κ2) is 7.04. The smallest absolute Gasteiger partial charge is 0.332 e. The number of hydrogen-bond acceptors (Lipinski definition) is 3. The monoisotopic (exact) mass is 287 g/mol. The van der Waals surface area contributed by atoms with Crippen LogP contribution in [0.3, 0.4) is 0 Å². The first-order valence-electron chi connectivity index (χ1n) is 6.20. The average Bonchev–Trinajstić information content (AvgIpc) is 2.46. The summed E-state index contributed by atoms with van der Waals surface area (Å²) in [6.45, 7) is 0.228. The number of nitrogens with one attached hydrogen (secondary N) is 1. The van der Waals surface area contributed by atoms with Gasteiger partial charge in [0, 0.05) is 5.56 Å². The second-order valence-electron chi connectivity index (χ2n) is 4.19. The van der Waals surface area contributed by atoms with Gasteiger partial charge >= 0.3 is 6.03 Å². The lowest BCUT2D eigenvalue weighted by atomic mass is 10.2. The first-order valence-corrected chi connectivity index (χ1v) is 6.20. The molecule has 108 valence electrons. The Morgan fingerprint density at radius 2 is 2.10 bits per heavy atom. The molecule has 3 N–H and O–H groups in total. The van der Waals surface area contributed by atoms with Gasteiger partial charge in [0.05, 0.1) is 6.21 Å². The number of benzene rings is 2. The van der Waals surface area contributed by atoms with Crippen molar-refractivity contribution >= 4 is 12.2 Å². The molecule has 0 aliphatic carbocycles. The number of halogens is 1. The molecule has 0 unspecified atom stereocenters. The van der Waals surface area contributed by atoms with E-state index in [1.807, 2.05) is 0 Å². The molecular formula is C15H14FN3O2. The Kier molecular flexibility index (Phi) is 4.87. The molecule has 5 nitrogen and oxygen atoms in total. The molecule has 2 rings (SSSR count). The Morgan fingerprint density at radius 3 is 2.86 bits per heavy atom. The van der Waals surface area contributed by atoms with Crippen molar-refractivity contribution in [1.29, 1.82) is 0 Å². The van der Waals surface area contributed by atoms with Gasteiger partial charge in [0.25, 0.3) is 0 Å². The largest absolute Gasteiger partial charge is 0.488 e. The molecular weight excluding hydrogens is 273 g/mol.